The van der Waals surface area contributed by atoms with E-state index in [-0.39, 0.29) is 0 Å². The number of aromatic nitrogens is 3. The maximum Gasteiger partial charge on any atom is 0.220 e. The van der Waals surface area contributed by atoms with Crippen molar-refractivity contribution in [2.24, 2.45) is 0 Å². The summed E-state index contributed by atoms with van der Waals surface area (Å²) in [7, 11) is 0. The maximum absolute atomic E-state index is 6.00. The van der Waals surface area contributed by atoms with Crippen LogP contribution in [0.1, 0.15) is 48.9 Å². The van der Waals surface area contributed by atoms with Gasteiger partial charge in [0, 0.05) is 50.1 Å². The van der Waals surface area contributed by atoms with Crippen molar-refractivity contribution >= 4 is 5.95 Å². The zero-order valence-electron chi connectivity index (χ0n) is 14.5. The molecule has 1 saturated carbocycles. The highest BCUT2D eigenvalue weighted by Gasteiger charge is 2.19. The summed E-state index contributed by atoms with van der Waals surface area (Å²) in [6.45, 7) is 2.71. The number of nitrogens with zero attached hydrogens (tertiary/aromatic N) is 4. The smallest absolute Gasteiger partial charge is 0.220 e. The van der Waals surface area contributed by atoms with E-state index in [9.17, 15) is 0 Å². The molecule has 0 amide bonds. The van der Waals surface area contributed by atoms with E-state index in [1.165, 1.54) is 30.4 Å². The molecule has 1 fully saturated rings. The average molecular weight is 339 g/mol. The third-order valence-electron chi connectivity index (χ3n) is 5.08. The predicted molar refractivity (Wildman–Crippen MR) is 96.0 cm³/mol. The van der Waals surface area contributed by atoms with E-state index in [1.807, 2.05) is 18.5 Å². The zero-order valence-corrected chi connectivity index (χ0v) is 14.5. The fourth-order valence-electron chi connectivity index (χ4n) is 3.71. The monoisotopic (exact) mass is 339 g/mol. The normalized spacial score (nSPS) is 18.7. The molecule has 0 bridgehead atoms. The Kier molecular flexibility index (Phi) is 4.78. The molecule has 6 nitrogen and oxygen atoms in total. The van der Waals surface area contributed by atoms with Crippen LogP contribution in [0.25, 0.3) is 0 Å². The van der Waals surface area contributed by atoms with Gasteiger partial charge in [0.25, 0.3) is 0 Å². The van der Waals surface area contributed by atoms with E-state index < -0.39 is 0 Å². The summed E-state index contributed by atoms with van der Waals surface area (Å²) in [4.78, 5) is 15.3. The topological polar surface area (TPSA) is 77.2 Å². The van der Waals surface area contributed by atoms with Crippen LogP contribution in [0.5, 0.6) is 5.88 Å². The van der Waals surface area contributed by atoms with Crippen LogP contribution in [-0.2, 0) is 19.5 Å². The first-order valence-corrected chi connectivity index (χ1v) is 9.20. The van der Waals surface area contributed by atoms with Crippen LogP contribution in [0.15, 0.2) is 24.5 Å². The second-order valence-corrected chi connectivity index (χ2v) is 7.04. The lowest BCUT2D eigenvalue weighted by atomic mass is 9.98. The van der Waals surface area contributed by atoms with E-state index >= 15 is 0 Å². The van der Waals surface area contributed by atoms with Gasteiger partial charge in [-0.2, -0.15) is 0 Å². The van der Waals surface area contributed by atoms with Gasteiger partial charge in [-0.05, 0) is 31.2 Å². The first-order valence-electron chi connectivity index (χ1n) is 9.20. The molecule has 4 rings (SSSR count). The summed E-state index contributed by atoms with van der Waals surface area (Å²) < 4.78 is 6.00. The summed E-state index contributed by atoms with van der Waals surface area (Å²) >= 11 is 0. The molecule has 0 spiro atoms. The molecule has 6 heteroatoms. The summed E-state index contributed by atoms with van der Waals surface area (Å²) in [5, 5.41) is 0. The van der Waals surface area contributed by atoms with Gasteiger partial charge >= 0.3 is 0 Å². The number of rotatable bonds is 4. The van der Waals surface area contributed by atoms with E-state index in [0.717, 1.165) is 50.5 Å². The Morgan fingerprint density at radius 3 is 2.80 bits per heavy atom. The van der Waals surface area contributed by atoms with Gasteiger partial charge in [-0.1, -0.05) is 12.5 Å². The maximum atomic E-state index is 6.00. The first-order chi connectivity index (χ1) is 12.3. The van der Waals surface area contributed by atoms with E-state index in [4.69, 9.17) is 10.5 Å². The SMILES string of the molecule is Nc1ncc2c(n1)CCN(Cc1ccc(OC3CCCCC3)nc1)C2. The molecule has 132 valence electrons. The van der Waals surface area contributed by atoms with Gasteiger partial charge < -0.3 is 10.5 Å². The van der Waals surface area contributed by atoms with Crippen LogP contribution in [-0.4, -0.2) is 32.5 Å². The number of pyridine rings is 1. The molecule has 2 aliphatic rings. The van der Waals surface area contributed by atoms with Crippen LogP contribution in [0.4, 0.5) is 5.95 Å². The molecule has 0 aromatic carbocycles. The van der Waals surface area contributed by atoms with Crippen LogP contribution < -0.4 is 10.5 Å². The van der Waals surface area contributed by atoms with Gasteiger partial charge in [0.15, 0.2) is 0 Å². The average Bonchev–Trinajstić information content (AvgIpc) is 2.64. The minimum absolute atomic E-state index is 0.345. The lowest BCUT2D eigenvalue weighted by molar-refractivity contribution is 0.148. The standard InChI is InChI=1S/C19H25N5O/c20-19-22-11-15-13-24(9-8-17(15)23-19)12-14-6-7-18(21-10-14)25-16-4-2-1-3-5-16/h6-7,10-11,16H,1-5,8-9,12-13H2,(H2,20,22,23). The van der Waals surface area contributed by atoms with Crippen LogP contribution >= 0.6 is 0 Å². The van der Waals surface area contributed by atoms with Crippen molar-refractivity contribution in [3.63, 3.8) is 0 Å². The molecular formula is C19H25N5O. The second kappa shape index (κ2) is 7.35. The summed E-state index contributed by atoms with van der Waals surface area (Å²) in [5.41, 5.74) is 9.12. The quantitative estimate of drug-likeness (QED) is 0.923. The highest BCUT2D eigenvalue weighted by atomic mass is 16.5. The predicted octanol–water partition coefficient (Wildman–Crippen LogP) is 2.72. The van der Waals surface area contributed by atoms with Gasteiger partial charge in [-0.25, -0.2) is 15.0 Å². The van der Waals surface area contributed by atoms with Crippen molar-refractivity contribution in [2.45, 2.75) is 57.7 Å². The minimum atomic E-state index is 0.345. The number of nitrogen functional groups attached to an aromatic ring is 1. The summed E-state index contributed by atoms with van der Waals surface area (Å²) in [6.07, 6.45) is 11.2. The van der Waals surface area contributed by atoms with Crippen molar-refractivity contribution in [1.82, 2.24) is 19.9 Å². The van der Waals surface area contributed by atoms with Crippen molar-refractivity contribution in [2.75, 3.05) is 12.3 Å². The Hall–Kier alpha value is -2.21. The zero-order chi connectivity index (χ0) is 17.1. The Balaban J connectivity index is 1.34. The Bertz CT molecular complexity index is 712. The Morgan fingerprint density at radius 1 is 1.12 bits per heavy atom. The van der Waals surface area contributed by atoms with Crippen molar-refractivity contribution in [1.29, 1.82) is 0 Å². The van der Waals surface area contributed by atoms with Crippen LogP contribution in [0.3, 0.4) is 0 Å². The molecule has 2 N–H and O–H groups in total. The molecule has 0 radical (unpaired) electrons. The van der Waals surface area contributed by atoms with Gasteiger partial charge in [-0.15, -0.1) is 0 Å². The number of hydrogen-bond donors (Lipinski definition) is 1. The van der Waals surface area contributed by atoms with Crippen LogP contribution in [0, 0.1) is 0 Å². The van der Waals surface area contributed by atoms with E-state index in [0.29, 0.717) is 12.1 Å². The Morgan fingerprint density at radius 2 is 2.00 bits per heavy atom. The molecule has 2 aromatic heterocycles. The molecule has 2 aromatic rings. The number of anilines is 1. The first kappa shape index (κ1) is 16.3. The molecule has 25 heavy (non-hydrogen) atoms. The number of ether oxygens (including phenoxy) is 1. The number of nitrogens with two attached hydrogens (primary N) is 1. The fraction of sp³-hybridized carbons (Fsp3) is 0.526. The third-order valence-corrected chi connectivity index (χ3v) is 5.08. The molecule has 0 unspecified atom stereocenters. The second-order valence-electron chi connectivity index (χ2n) is 7.04. The van der Waals surface area contributed by atoms with Crippen LogP contribution in [0.2, 0.25) is 0 Å². The summed E-state index contributed by atoms with van der Waals surface area (Å²) in [6, 6.07) is 4.13. The highest BCUT2D eigenvalue weighted by Crippen LogP contribution is 2.23. The van der Waals surface area contributed by atoms with Crippen molar-refractivity contribution < 1.29 is 4.74 Å². The lowest BCUT2D eigenvalue weighted by Gasteiger charge is -2.27. The van der Waals surface area contributed by atoms with Gasteiger partial charge in [-0.3, -0.25) is 4.90 Å². The van der Waals surface area contributed by atoms with Gasteiger partial charge in [0.2, 0.25) is 11.8 Å². The number of fused-ring (bicyclic) bond motifs is 1. The molecule has 1 aliphatic heterocycles. The molecule has 0 saturated heterocycles. The molecular weight excluding hydrogens is 314 g/mol. The molecule has 1 aliphatic carbocycles. The highest BCUT2D eigenvalue weighted by molar-refractivity contribution is 5.27. The van der Waals surface area contributed by atoms with Gasteiger partial charge in [0.05, 0.1) is 5.69 Å². The largest absolute Gasteiger partial charge is 0.474 e. The Labute approximate surface area is 148 Å². The third kappa shape index (κ3) is 4.07. The van der Waals surface area contributed by atoms with E-state index in [2.05, 4.69) is 25.9 Å². The fourth-order valence-corrected chi connectivity index (χ4v) is 3.71. The lowest BCUT2D eigenvalue weighted by Crippen LogP contribution is -2.31. The van der Waals surface area contributed by atoms with Gasteiger partial charge in [0.1, 0.15) is 6.10 Å². The summed E-state index contributed by atoms with van der Waals surface area (Å²) in [5.74, 6) is 1.12. The van der Waals surface area contributed by atoms with E-state index in [1.54, 1.807) is 0 Å². The van der Waals surface area contributed by atoms with Crippen molar-refractivity contribution in [3.8, 4) is 5.88 Å². The molecule has 3 heterocycles. The number of hydrogen-bond acceptors (Lipinski definition) is 6. The minimum Gasteiger partial charge on any atom is -0.474 e. The van der Waals surface area contributed by atoms with Crippen molar-refractivity contribution in [3.05, 3.63) is 41.3 Å². The molecule has 0 atom stereocenters.